The van der Waals surface area contributed by atoms with E-state index in [0.717, 1.165) is 42.8 Å². The number of hydrogen-bond donors (Lipinski definition) is 4. The summed E-state index contributed by atoms with van der Waals surface area (Å²) in [5.41, 5.74) is 4.02. The smallest absolute Gasteiger partial charge is 0.276 e. The van der Waals surface area contributed by atoms with Gasteiger partial charge in [-0.05, 0) is 31.0 Å². The quantitative estimate of drug-likeness (QED) is 0.630. The highest BCUT2D eigenvalue weighted by atomic mass is 35.5. The molecule has 0 atom stereocenters. The van der Waals surface area contributed by atoms with Gasteiger partial charge in [0.1, 0.15) is 0 Å². The Balaban J connectivity index is 0.00000113. The van der Waals surface area contributed by atoms with E-state index in [-0.39, 0.29) is 30.7 Å². The van der Waals surface area contributed by atoms with Gasteiger partial charge in [-0.3, -0.25) is 9.89 Å². The molecule has 1 saturated carbocycles. The van der Waals surface area contributed by atoms with Crippen LogP contribution in [0.5, 0.6) is 0 Å². The van der Waals surface area contributed by atoms with E-state index in [1.165, 1.54) is 0 Å². The fourth-order valence-electron chi connectivity index (χ4n) is 2.79. The van der Waals surface area contributed by atoms with Crippen molar-refractivity contribution in [3.63, 3.8) is 0 Å². The summed E-state index contributed by atoms with van der Waals surface area (Å²) in [4.78, 5) is 12.6. The first kappa shape index (κ1) is 19.8. The third-order valence-corrected chi connectivity index (χ3v) is 4.42. The fourth-order valence-corrected chi connectivity index (χ4v) is 2.96. The Morgan fingerprint density at radius 1 is 1.24 bits per heavy atom. The van der Waals surface area contributed by atoms with Crippen LogP contribution in [0.3, 0.4) is 0 Å². The summed E-state index contributed by atoms with van der Waals surface area (Å²) in [6, 6.07) is 5.98. The molecule has 0 radical (unpaired) electrons. The summed E-state index contributed by atoms with van der Waals surface area (Å²) < 4.78 is 0. The summed E-state index contributed by atoms with van der Waals surface area (Å²) in [5, 5.41) is 17.4. The minimum atomic E-state index is -0.215. The molecule has 136 valence electrons. The highest BCUT2D eigenvalue weighted by Crippen LogP contribution is 2.32. The van der Waals surface area contributed by atoms with Gasteiger partial charge >= 0.3 is 0 Å². The fraction of sp³-hybridized carbons (Fsp3) is 0.375. The molecule has 4 rings (SSSR count). The number of amides is 1. The van der Waals surface area contributed by atoms with E-state index < -0.39 is 0 Å². The number of anilines is 2. The highest BCUT2D eigenvalue weighted by Gasteiger charge is 2.24. The minimum absolute atomic E-state index is 0. The van der Waals surface area contributed by atoms with Crippen LogP contribution in [0.15, 0.2) is 18.2 Å². The van der Waals surface area contributed by atoms with Gasteiger partial charge in [0.05, 0.1) is 11.4 Å². The molecule has 1 amide bonds. The molecular formula is C16H20Cl3N5O. The molecule has 2 aliphatic rings. The zero-order valence-corrected chi connectivity index (χ0v) is 15.8. The van der Waals surface area contributed by atoms with Gasteiger partial charge in [-0.1, -0.05) is 11.6 Å². The van der Waals surface area contributed by atoms with Crippen molar-refractivity contribution in [2.24, 2.45) is 0 Å². The van der Waals surface area contributed by atoms with Crippen molar-refractivity contribution in [2.75, 3.05) is 17.2 Å². The Hall–Kier alpha value is -1.47. The average molecular weight is 405 g/mol. The molecule has 1 fully saturated rings. The van der Waals surface area contributed by atoms with Crippen LogP contribution < -0.4 is 16.0 Å². The van der Waals surface area contributed by atoms with Crippen LogP contribution in [0, 0.1) is 0 Å². The predicted molar refractivity (Wildman–Crippen MR) is 105 cm³/mol. The Morgan fingerprint density at radius 3 is 2.80 bits per heavy atom. The van der Waals surface area contributed by atoms with Gasteiger partial charge in [-0.15, -0.1) is 24.8 Å². The lowest BCUT2D eigenvalue weighted by molar-refractivity contribution is 0.102. The number of carbonyl (C=O) groups excluding carboxylic acids is 1. The Morgan fingerprint density at radius 2 is 2.04 bits per heavy atom. The molecule has 2 heterocycles. The molecule has 0 bridgehead atoms. The number of hydrogen-bond acceptors (Lipinski definition) is 4. The molecule has 9 heteroatoms. The van der Waals surface area contributed by atoms with E-state index in [0.29, 0.717) is 29.0 Å². The number of benzene rings is 1. The molecule has 0 saturated heterocycles. The number of carbonyl (C=O) groups is 1. The topological polar surface area (TPSA) is 81.8 Å². The molecule has 1 aromatic carbocycles. The van der Waals surface area contributed by atoms with Gasteiger partial charge < -0.3 is 16.0 Å². The molecule has 6 nitrogen and oxygen atoms in total. The van der Waals surface area contributed by atoms with E-state index >= 15 is 0 Å². The normalized spacial score (nSPS) is 15.4. The van der Waals surface area contributed by atoms with E-state index in [9.17, 15) is 4.79 Å². The van der Waals surface area contributed by atoms with Crippen molar-refractivity contribution >= 4 is 53.7 Å². The van der Waals surface area contributed by atoms with Gasteiger partial charge in [-0.2, -0.15) is 5.10 Å². The Kier molecular flexibility index (Phi) is 6.57. The summed E-state index contributed by atoms with van der Waals surface area (Å²) in [7, 11) is 0. The second-order valence-corrected chi connectivity index (χ2v) is 6.46. The predicted octanol–water partition coefficient (Wildman–Crippen LogP) is 3.38. The molecule has 1 aliphatic heterocycles. The van der Waals surface area contributed by atoms with Crippen molar-refractivity contribution in [3.05, 3.63) is 40.2 Å². The van der Waals surface area contributed by atoms with Crippen LogP contribution in [-0.2, 0) is 13.0 Å². The molecule has 25 heavy (non-hydrogen) atoms. The standard InChI is InChI=1S/C16H18ClN5O.2ClH/c17-9-1-4-13(19-10-2-3-10)14(7-9)20-16(23)15-11-8-18-6-5-12(11)21-22-15;;/h1,4,7,10,18-19H,2-3,5-6,8H2,(H,20,23)(H,21,22);2*1H. The lowest BCUT2D eigenvalue weighted by atomic mass is 10.1. The SMILES string of the molecule is Cl.Cl.O=C(Nc1cc(Cl)ccc1NC1CC1)c1n[nH]c2c1CNCC2. The van der Waals surface area contributed by atoms with Crippen molar-refractivity contribution in [1.29, 1.82) is 0 Å². The van der Waals surface area contributed by atoms with Crippen LogP contribution in [0.1, 0.15) is 34.6 Å². The largest absolute Gasteiger partial charge is 0.381 e. The van der Waals surface area contributed by atoms with Crippen molar-refractivity contribution in [2.45, 2.75) is 31.8 Å². The molecule has 2 aromatic rings. The number of fused-ring (bicyclic) bond motifs is 1. The molecule has 0 spiro atoms. The molecule has 1 aromatic heterocycles. The van der Waals surface area contributed by atoms with E-state index in [1.54, 1.807) is 6.07 Å². The number of H-pyrrole nitrogens is 1. The van der Waals surface area contributed by atoms with Gasteiger partial charge in [-0.25, -0.2) is 0 Å². The lowest BCUT2D eigenvalue weighted by Gasteiger charge is -2.15. The van der Waals surface area contributed by atoms with Gasteiger partial charge in [0.15, 0.2) is 5.69 Å². The number of nitrogens with zero attached hydrogens (tertiary/aromatic N) is 1. The van der Waals surface area contributed by atoms with Crippen molar-refractivity contribution < 1.29 is 4.79 Å². The average Bonchev–Trinajstić information content (AvgIpc) is 3.25. The second kappa shape index (κ2) is 8.27. The number of aromatic nitrogens is 2. The summed E-state index contributed by atoms with van der Waals surface area (Å²) in [6.45, 7) is 1.57. The Bertz CT molecular complexity index is 760. The number of rotatable bonds is 4. The van der Waals surface area contributed by atoms with E-state index in [2.05, 4.69) is 26.1 Å². The molecule has 1 aliphatic carbocycles. The second-order valence-electron chi connectivity index (χ2n) is 6.02. The zero-order valence-electron chi connectivity index (χ0n) is 13.4. The van der Waals surface area contributed by atoms with Crippen LogP contribution in [-0.4, -0.2) is 28.7 Å². The maximum Gasteiger partial charge on any atom is 0.276 e. The zero-order chi connectivity index (χ0) is 15.8. The molecular weight excluding hydrogens is 385 g/mol. The van der Waals surface area contributed by atoms with Crippen LogP contribution in [0.25, 0.3) is 0 Å². The van der Waals surface area contributed by atoms with E-state index in [1.807, 2.05) is 12.1 Å². The summed E-state index contributed by atoms with van der Waals surface area (Å²) in [6.07, 6.45) is 3.18. The summed E-state index contributed by atoms with van der Waals surface area (Å²) in [5.74, 6) is -0.215. The summed E-state index contributed by atoms with van der Waals surface area (Å²) >= 11 is 6.08. The van der Waals surface area contributed by atoms with Gasteiger partial charge in [0.2, 0.25) is 0 Å². The first-order valence-corrected chi connectivity index (χ1v) is 8.23. The third-order valence-electron chi connectivity index (χ3n) is 4.19. The van der Waals surface area contributed by atoms with Crippen LogP contribution in [0.2, 0.25) is 5.02 Å². The maximum absolute atomic E-state index is 12.6. The minimum Gasteiger partial charge on any atom is -0.381 e. The number of aromatic amines is 1. The number of halogens is 3. The lowest BCUT2D eigenvalue weighted by Crippen LogP contribution is -2.25. The van der Waals surface area contributed by atoms with Gasteiger partial charge in [0, 0.05) is 41.8 Å². The third kappa shape index (κ3) is 4.39. The highest BCUT2D eigenvalue weighted by molar-refractivity contribution is 6.31. The van der Waals surface area contributed by atoms with Crippen molar-refractivity contribution in [3.8, 4) is 0 Å². The first-order valence-electron chi connectivity index (χ1n) is 7.85. The first-order chi connectivity index (χ1) is 11.2. The van der Waals surface area contributed by atoms with Crippen LogP contribution in [0.4, 0.5) is 11.4 Å². The van der Waals surface area contributed by atoms with Gasteiger partial charge in [0.25, 0.3) is 5.91 Å². The number of nitrogens with one attached hydrogen (secondary N) is 4. The van der Waals surface area contributed by atoms with Crippen molar-refractivity contribution in [1.82, 2.24) is 15.5 Å². The van der Waals surface area contributed by atoms with Crippen LogP contribution >= 0.6 is 36.4 Å². The molecule has 0 unspecified atom stereocenters. The Labute approximate surface area is 163 Å². The monoisotopic (exact) mass is 403 g/mol. The maximum atomic E-state index is 12.6. The molecule has 4 N–H and O–H groups in total. The van der Waals surface area contributed by atoms with E-state index in [4.69, 9.17) is 11.6 Å².